The normalized spacial score (nSPS) is 18.6. The summed E-state index contributed by atoms with van der Waals surface area (Å²) in [5.74, 6) is 0.918. The maximum absolute atomic E-state index is 4.90. The van der Waals surface area contributed by atoms with E-state index in [1.165, 1.54) is 5.56 Å². The zero-order valence-corrected chi connectivity index (χ0v) is 19.2. The van der Waals surface area contributed by atoms with E-state index >= 15 is 0 Å². The van der Waals surface area contributed by atoms with E-state index in [0.29, 0.717) is 12.1 Å². The first-order valence-electron chi connectivity index (χ1n) is 11.3. The van der Waals surface area contributed by atoms with Crippen molar-refractivity contribution < 1.29 is 0 Å². The highest BCUT2D eigenvalue weighted by Gasteiger charge is 2.20. The molecule has 0 radical (unpaired) electrons. The molecule has 0 saturated carbocycles. The molecule has 164 valence electrons. The van der Waals surface area contributed by atoms with Crippen LogP contribution in [0.15, 0.2) is 35.3 Å². The minimum absolute atomic E-state index is 0.338. The van der Waals surface area contributed by atoms with Crippen molar-refractivity contribution in [3.05, 3.63) is 35.9 Å². The van der Waals surface area contributed by atoms with Crippen molar-refractivity contribution in [2.45, 2.75) is 39.8 Å². The van der Waals surface area contributed by atoms with Crippen LogP contribution in [0, 0.1) is 0 Å². The Balaban J connectivity index is 1.98. The Bertz CT molecular complexity index is 578. The van der Waals surface area contributed by atoms with E-state index in [2.05, 4.69) is 90.4 Å². The molecule has 1 saturated heterocycles. The van der Waals surface area contributed by atoms with Gasteiger partial charge in [0.2, 0.25) is 0 Å². The van der Waals surface area contributed by atoms with Crippen LogP contribution in [0.3, 0.4) is 0 Å². The molecule has 1 aliphatic rings. The quantitative estimate of drug-likeness (QED) is 0.464. The van der Waals surface area contributed by atoms with Crippen molar-refractivity contribution in [1.82, 2.24) is 25.3 Å². The number of likely N-dealkylation sites (N-methyl/N-ethyl adjacent to an activating group) is 2. The van der Waals surface area contributed by atoms with E-state index < -0.39 is 0 Å². The van der Waals surface area contributed by atoms with Crippen LogP contribution in [-0.2, 0) is 0 Å². The Labute approximate surface area is 178 Å². The average Bonchev–Trinajstić information content (AvgIpc) is 2.75. The van der Waals surface area contributed by atoms with Gasteiger partial charge >= 0.3 is 0 Å². The number of rotatable bonds is 10. The minimum atomic E-state index is 0.338. The first kappa shape index (κ1) is 23.6. The predicted octanol–water partition coefficient (Wildman–Crippen LogP) is 2.26. The van der Waals surface area contributed by atoms with Gasteiger partial charge in [0.1, 0.15) is 0 Å². The van der Waals surface area contributed by atoms with E-state index in [1.54, 1.807) is 0 Å². The summed E-state index contributed by atoms with van der Waals surface area (Å²) in [6.45, 7) is 18.1. The second-order valence-corrected chi connectivity index (χ2v) is 7.94. The number of guanidine groups is 1. The standard InChI is InChI=1S/C23H42N6/c1-6-24-23(25-18-20(4)29-16-14-27(5)15-17-29)26-19-22(28(7-2)8-3)21-12-10-9-11-13-21/h9-13,20,22H,6-8,14-19H2,1-5H3,(H2,24,25,26). The molecular weight excluding hydrogens is 360 g/mol. The predicted molar refractivity (Wildman–Crippen MR) is 125 cm³/mol. The lowest BCUT2D eigenvalue weighted by atomic mass is 10.1. The van der Waals surface area contributed by atoms with E-state index in [1.807, 2.05) is 0 Å². The molecular formula is C23H42N6. The zero-order chi connectivity index (χ0) is 21.1. The van der Waals surface area contributed by atoms with Crippen LogP contribution in [0.5, 0.6) is 0 Å². The smallest absolute Gasteiger partial charge is 0.191 e. The highest BCUT2D eigenvalue weighted by molar-refractivity contribution is 5.79. The molecule has 1 heterocycles. The average molecular weight is 403 g/mol. The fourth-order valence-electron chi connectivity index (χ4n) is 3.93. The van der Waals surface area contributed by atoms with Gasteiger partial charge < -0.3 is 15.5 Å². The topological polar surface area (TPSA) is 46.1 Å². The molecule has 1 aliphatic heterocycles. The van der Waals surface area contributed by atoms with Crippen LogP contribution in [0.4, 0.5) is 0 Å². The van der Waals surface area contributed by atoms with E-state index in [4.69, 9.17) is 4.99 Å². The second-order valence-electron chi connectivity index (χ2n) is 7.94. The first-order chi connectivity index (χ1) is 14.1. The fraction of sp³-hybridized carbons (Fsp3) is 0.696. The molecule has 29 heavy (non-hydrogen) atoms. The number of hydrogen-bond acceptors (Lipinski definition) is 4. The number of piperazine rings is 1. The maximum atomic E-state index is 4.90. The molecule has 2 unspecified atom stereocenters. The van der Waals surface area contributed by atoms with Crippen molar-refractivity contribution in [2.24, 2.45) is 4.99 Å². The largest absolute Gasteiger partial charge is 0.357 e. The molecule has 2 N–H and O–H groups in total. The Hall–Kier alpha value is -1.63. The van der Waals surface area contributed by atoms with Gasteiger partial charge in [-0.05, 0) is 39.5 Å². The third kappa shape index (κ3) is 7.61. The lowest BCUT2D eigenvalue weighted by molar-refractivity contribution is 0.122. The number of benzene rings is 1. The number of nitrogens with zero attached hydrogens (tertiary/aromatic N) is 4. The Kier molecular flexibility index (Phi) is 10.5. The zero-order valence-electron chi connectivity index (χ0n) is 19.2. The van der Waals surface area contributed by atoms with Gasteiger partial charge in [0.25, 0.3) is 0 Å². The summed E-state index contributed by atoms with van der Waals surface area (Å²) in [4.78, 5) is 12.4. The van der Waals surface area contributed by atoms with Gasteiger partial charge in [-0.15, -0.1) is 0 Å². The van der Waals surface area contributed by atoms with Crippen molar-refractivity contribution in [1.29, 1.82) is 0 Å². The summed E-state index contributed by atoms with van der Waals surface area (Å²) in [6, 6.07) is 11.6. The molecule has 6 heteroatoms. The molecule has 1 fully saturated rings. The molecule has 0 amide bonds. The highest BCUT2D eigenvalue weighted by Crippen LogP contribution is 2.19. The van der Waals surface area contributed by atoms with Gasteiger partial charge in [0, 0.05) is 45.3 Å². The lowest BCUT2D eigenvalue weighted by Gasteiger charge is -2.36. The third-order valence-electron chi connectivity index (χ3n) is 5.92. The van der Waals surface area contributed by atoms with E-state index in [0.717, 1.165) is 64.9 Å². The van der Waals surface area contributed by atoms with Gasteiger partial charge in [0.05, 0.1) is 12.6 Å². The van der Waals surface area contributed by atoms with Gasteiger partial charge in [-0.2, -0.15) is 0 Å². The molecule has 2 rings (SSSR count). The summed E-state index contributed by atoms with van der Waals surface area (Å²) < 4.78 is 0. The molecule has 0 aromatic heterocycles. The summed E-state index contributed by atoms with van der Waals surface area (Å²) in [6.07, 6.45) is 0. The Morgan fingerprint density at radius 2 is 1.69 bits per heavy atom. The van der Waals surface area contributed by atoms with Gasteiger partial charge in [0.15, 0.2) is 5.96 Å². The number of nitrogens with one attached hydrogen (secondary N) is 2. The van der Waals surface area contributed by atoms with Crippen LogP contribution in [-0.4, -0.2) is 92.7 Å². The van der Waals surface area contributed by atoms with Gasteiger partial charge in [-0.3, -0.25) is 14.8 Å². The Morgan fingerprint density at radius 3 is 2.28 bits per heavy atom. The first-order valence-corrected chi connectivity index (χ1v) is 11.3. The van der Waals surface area contributed by atoms with Crippen LogP contribution in [0.25, 0.3) is 0 Å². The van der Waals surface area contributed by atoms with Crippen LogP contribution in [0.2, 0.25) is 0 Å². The van der Waals surface area contributed by atoms with Crippen molar-refractivity contribution in [3.63, 3.8) is 0 Å². The Morgan fingerprint density at radius 1 is 1.03 bits per heavy atom. The molecule has 0 spiro atoms. The SMILES string of the molecule is CCNC(=NCC(C)N1CCN(C)CC1)NCC(c1ccccc1)N(CC)CC. The summed E-state index contributed by atoms with van der Waals surface area (Å²) >= 11 is 0. The van der Waals surface area contributed by atoms with Crippen molar-refractivity contribution in [3.8, 4) is 0 Å². The number of hydrogen-bond donors (Lipinski definition) is 2. The lowest BCUT2D eigenvalue weighted by Crippen LogP contribution is -2.49. The fourth-order valence-corrected chi connectivity index (χ4v) is 3.93. The van der Waals surface area contributed by atoms with Gasteiger partial charge in [-0.1, -0.05) is 44.2 Å². The summed E-state index contributed by atoms with van der Waals surface area (Å²) in [5, 5.41) is 7.03. The minimum Gasteiger partial charge on any atom is -0.357 e. The molecule has 0 aliphatic carbocycles. The van der Waals surface area contributed by atoms with E-state index in [-0.39, 0.29) is 0 Å². The van der Waals surface area contributed by atoms with Crippen LogP contribution in [0.1, 0.15) is 39.3 Å². The van der Waals surface area contributed by atoms with Crippen molar-refractivity contribution >= 4 is 5.96 Å². The molecule has 6 nitrogen and oxygen atoms in total. The monoisotopic (exact) mass is 402 g/mol. The maximum Gasteiger partial charge on any atom is 0.191 e. The van der Waals surface area contributed by atoms with Crippen molar-refractivity contribution in [2.75, 3.05) is 66.0 Å². The molecule has 1 aromatic rings. The van der Waals surface area contributed by atoms with Crippen LogP contribution < -0.4 is 10.6 Å². The highest BCUT2D eigenvalue weighted by atomic mass is 15.3. The summed E-state index contributed by atoms with van der Waals surface area (Å²) in [7, 11) is 2.20. The number of aliphatic imine (C=N–C) groups is 1. The second kappa shape index (κ2) is 12.8. The van der Waals surface area contributed by atoms with Gasteiger partial charge in [-0.25, -0.2) is 0 Å². The van der Waals surface area contributed by atoms with E-state index in [9.17, 15) is 0 Å². The third-order valence-corrected chi connectivity index (χ3v) is 5.92. The molecule has 1 aromatic carbocycles. The van der Waals surface area contributed by atoms with Crippen LogP contribution >= 0.6 is 0 Å². The molecule has 0 bridgehead atoms. The molecule has 2 atom stereocenters. The summed E-state index contributed by atoms with van der Waals surface area (Å²) in [5.41, 5.74) is 1.35.